The van der Waals surface area contributed by atoms with Crippen molar-refractivity contribution in [2.75, 3.05) is 0 Å². The van der Waals surface area contributed by atoms with Crippen molar-refractivity contribution in [3.05, 3.63) is 60.4 Å². The summed E-state index contributed by atoms with van der Waals surface area (Å²) in [6.07, 6.45) is -6.59. The lowest BCUT2D eigenvalue weighted by Crippen LogP contribution is -2.53. The van der Waals surface area contributed by atoms with Crippen molar-refractivity contribution in [1.29, 1.82) is 0 Å². The molecule has 1 aromatic carbocycles. The average Bonchev–Trinajstić information content (AvgIpc) is 2.51. The molecule has 0 saturated carbocycles. The summed E-state index contributed by atoms with van der Waals surface area (Å²) in [7, 11) is 0.570. The molecule has 0 radical (unpaired) electrons. The normalized spacial score (nSPS) is 13.1. The number of alkyl halides is 7. The zero-order valence-corrected chi connectivity index (χ0v) is 14.8. The van der Waals surface area contributed by atoms with Crippen LogP contribution < -0.4 is 11.2 Å². The minimum Gasteiger partial charge on any atom is -0.294 e. The second-order valence-corrected chi connectivity index (χ2v) is 6.41. The minimum absolute atomic E-state index is 0.0616. The van der Waals surface area contributed by atoms with Gasteiger partial charge in [-0.1, -0.05) is 0 Å². The Morgan fingerprint density at radius 3 is 1.88 bits per heavy atom. The second kappa shape index (κ2) is 6.39. The predicted octanol–water partition coefficient (Wildman–Crippen LogP) is 3.43. The van der Waals surface area contributed by atoms with Gasteiger partial charge in [-0.05, 0) is 46.9 Å². The van der Waals surface area contributed by atoms with Crippen LogP contribution in [0.2, 0.25) is 0 Å². The first-order valence-electron chi connectivity index (χ1n) is 6.63. The highest BCUT2D eigenvalue weighted by atomic mass is 127. The zero-order valence-electron chi connectivity index (χ0n) is 12.6. The Labute approximate surface area is 154 Å². The third kappa shape index (κ3) is 3.14. The number of rotatable bonds is 3. The number of benzene rings is 1. The molecule has 0 aliphatic carbocycles. The van der Waals surface area contributed by atoms with Gasteiger partial charge in [-0.25, -0.2) is 9.36 Å². The predicted molar refractivity (Wildman–Crippen MR) is 84.9 cm³/mol. The zero-order chi connectivity index (χ0) is 20.1. The standard InChI is InChI=1S/C14H8F7IN2O2/c1-23-9(12(15,16)13(17,18)14(19,20)21)6-10(25)24(11(23)26)8-4-2-7(22)3-5-8/h2-6H,1H3. The van der Waals surface area contributed by atoms with Gasteiger partial charge >= 0.3 is 23.7 Å². The number of halogens is 8. The van der Waals surface area contributed by atoms with Gasteiger partial charge in [0.25, 0.3) is 5.56 Å². The molecule has 0 bridgehead atoms. The fourth-order valence-corrected chi connectivity index (χ4v) is 2.45. The van der Waals surface area contributed by atoms with E-state index in [-0.39, 0.29) is 16.3 Å². The van der Waals surface area contributed by atoms with E-state index in [9.17, 15) is 40.3 Å². The molecule has 0 aliphatic heterocycles. The van der Waals surface area contributed by atoms with E-state index in [1.165, 1.54) is 24.3 Å². The highest BCUT2D eigenvalue weighted by Gasteiger charge is 2.74. The lowest BCUT2D eigenvalue weighted by molar-refractivity contribution is -0.361. The van der Waals surface area contributed by atoms with Crippen molar-refractivity contribution in [3.63, 3.8) is 0 Å². The first kappa shape index (κ1) is 20.5. The molecule has 1 heterocycles. The Kier molecular flexibility index (Phi) is 5.02. The van der Waals surface area contributed by atoms with Gasteiger partial charge < -0.3 is 0 Å². The monoisotopic (exact) mass is 496 g/mol. The minimum atomic E-state index is -6.59. The third-order valence-electron chi connectivity index (χ3n) is 3.48. The number of aromatic nitrogens is 2. The topological polar surface area (TPSA) is 44.0 Å². The van der Waals surface area contributed by atoms with Crippen LogP contribution in [0, 0.1) is 3.57 Å². The second-order valence-electron chi connectivity index (χ2n) is 5.17. The van der Waals surface area contributed by atoms with Gasteiger partial charge in [0, 0.05) is 16.7 Å². The van der Waals surface area contributed by atoms with Crippen LogP contribution in [0.25, 0.3) is 5.69 Å². The van der Waals surface area contributed by atoms with Crippen LogP contribution in [-0.4, -0.2) is 21.2 Å². The fourth-order valence-electron chi connectivity index (χ4n) is 2.09. The molecule has 2 rings (SSSR count). The van der Waals surface area contributed by atoms with Crippen molar-refractivity contribution < 1.29 is 30.7 Å². The molecule has 2 aromatic rings. The summed E-state index contributed by atoms with van der Waals surface area (Å²) in [5, 5.41) is 0. The molecule has 26 heavy (non-hydrogen) atoms. The van der Waals surface area contributed by atoms with Crippen molar-refractivity contribution in [1.82, 2.24) is 9.13 Å². The number of nitrogens with zero attached hydrogens (tertiary/aromatic N) is 2. The van der Waals surface area contributed by atoms with Gasteiger partial charge in [-0.2, -0.15) is 30.7 Å². The number of hydrogen-bond donors (Lipinski definition) is 0. The summed E-state index contributed by atoms with van der Waals surface area (Å²) < 4.78 is 92.1. The van der Waals surface area contributed by atoms with Crippen molar-refractivity contribution in [2.45, 2.75) is 18.0 Å². The van der Waals surface area contributed by atoms with E-state index in [1.807, 2.05) is 22.6 Å². The molecule has 0 N–H and O–H groups in total. The Morgan fingerprint density at radius 1 is 0.923 bits per heavy atom. The van der Waals surface area contributed by atoms with Crippen LogP contribution >= 0.6 is 22.6 Å². The fraction of sp³-hybridized carbons (Fsp3) is 0.286. The average molecular weight is 496 g/mol. The van der Waals surface area contributed by atoms with E-state index in [0.717, 1.165) is 0 Å². The van der Waals surface area contributed by atoms with Crippen molar-refractivity contribution >= 4 is 22.6 Å². The Balaban J connectivity index is 2.74. The highest BCUT2D eigenvalue weighted by Crippen LogP contribution is 2.51. The van der Waals surface area contributed by atoms with Gasteiger partial charge in [-0.15, -0.1) is 0 Å². The van der Waals surface area contributed by atoms with Gasteiger partial charge in [0.2, 0.25) is 0 Å². The summed E-state index contributed by atoms with van der Waals surface area (Å²) in [5.41, 5.74) is -5.07. The smallest absolute Gasteiger partial charge is 0.294 e. The summed E-state index contributed by atoms with van der Waals surface area (Å²) in [5.74, 6) is -12.3. The van der Waals surface area contributed by atoms with Crippen LogP contribution in [0.5, 0.6) is 0 Å². The van der Waals surface area contributed by atoms with E-state index >= 15 is 0 Å². The molecule has 0 unspecified atom stereocenters. The van der Waals surface area contributed by atoms with Gasteiger partial charge in [0.15, 0.2) is 0 Å². The molecule has 0 aliphatic rings. The van der Waals surface area contributed by atoms with Crippen molar-refractivity contribution in [3.8, 4) is 5.69 Å². The third-order valence-corrected chi connectivity index (χ3v) is 4.20. The summed E-state index contributed by atoms with van der Waals surface area (Å²) in [4.78, 5) is 24.2. The van der Waals surface area contributed by atoms with Crippen LogP contribution in [0.3, 0.4) is 0 Å². The Morgan fingerprint density at radius 2 is 1.42 bits per heavy atom. The summed E-state index contributed by atoms with van der Waals surface area (Å²) in [6.45, 7) is 0. The van der Waals surface area contributed by atoms with Crippen LogP contribution in [0.15, 0.2) is 39.9 Å². The van der Waals surface area contributed by atoms with E-state index < -0.39 is 35.0 Å². The van der Waals surface area contributed by atoms with E-state index in [0.29, 0.717) is 15.2 Å². The summed E-state index contributed by atoms with van der Waals surface area (Å²) >= 11 is 1.91. The first-order chi connectivity index (χ1) is 11.7. The van der Waals surface area contributed by atoms with Gasteiger partial charge in [0.1, 0.15) is 5.69 Å². The molecular weight excluding hydrogens is 488 g/mol. The van der Waals surface area contributed by atoms with Crippen LogP contribution in [0.4, 0.5) is 30.7 Å². The van der Waals surface area contributed by atoms with E-state index in [4.69, 9.17) is 0 Å². The van der Waals surface area contributed by atoms with Crippen LogP contribution in [-0.2, 0) is 13.0 Å². The molecule has 0 spiro atoms. The summed E-state index contributed by atoms with van der Waals surface area (Å²) in [6, 6.07) is 5.41. The molecule has 4 nitrogen and oxygen atoms in total. The molecule has 1 aromatic heterocycles. The Hall–Kier alpha value is -1.86. The van der Waals surface area contributed by atoms with E-state index in [2.05, 4.69) is 0 Å². The quantitative estimate of drug-likeness (QED) is 0.483. The maximum atomic E-state index is 13.9. The van der Waals surface area contributed by atoms with Gasteiger partial charge in [-0.3, -0.25) is 9.36 Å². The number of hydrogen-bond acceptors (Lipinski definition) is 2. The molecule has 0 atom stereocenters. The van der Waals surface area contributed by atoms with Gasteiger partial charge in [0.05, 0.1) is 5.69 Å². The molecule has 0 saturated heterocycles. The molecule has 0 fully saturated rings. The van der Waals surface area contributed by atoms with E-state index in [1.54, 1.807) is 0 Å². The molecule has 12 heteroatoms. The van der Waals surface area contributed by atoms with Crippen molar-refractivity contribution in [2.24, 2.45) is 7.05 Å². The molecule has 142 valence electrons. The SMILES string of the molecule is Cn1c(C(F)(F)C(F)(F)C(F)(F)F)cc(=O)n(-c2ccc(I)cc2)c1=O. The maximum Gasteiger partial charge on any atom is 0.460 e. The Bertz CT molecular complexity index is 946. The van der Waals surface area contributed by atoms with Crippen LogP contribution in [0.1, 0.15) is 5.69 Å². The molecule has 0 amide bonds. The molecular formula is C14H8F7IN2O2. The lowest BCUT2D eigenvalue weighted by atomic mass is 10.1. The lowest BCUT2D eigenvalue weighted by Gasteiger charge is -2.29. The first-order valence-corrected chi connectivity index (χ1v) is 7.71. The highest BCUT2D eigenvalue weighted by molar-refractivity contribution is 14.1. The largest absolute Gasteiger partial charge is 0.460 e. The maximum absolute atomic E-state index is 13.9.